The number of nitrogens with one attached hydrogen (secondary N) is 2. The summed E-state index contributed by atoms with van der Waals surface area (Å²) in [4.78, 5) is 35.1. The first kappa shape index (κ1) is 43.1. The fraction of sp³-hybridized carbons (Fsp3) is 0.469. The first-order chi connectivity index (χ1) is 25.0. The van der Waals surface area contributed by atoms with Crippen LogP contribution in [0.1, 0.15) is 45.4 Å². The predicted octanol–water partition coefficient (Wildman–Crippen LogP) is 7.79. The number of alkyl halides is 9. The van der Waals surface area contributed by atoms with Crippen molar-refractivity contribution in [3.05, 3.63) is 64.8 Å². The van der Waals surface area contributed by atoms with Gasteiger partial charge in [0, 0.05) is 54.1 Å². The number of ether oxygens (including phenoxy) is 1. The van der Waals surface area contributed by atoms with E-state index in [1.54, 1.807) is 18.3 Å². The van der Waals surface area contributed by atoms with E-state index in [1.807, 2.05) is 12.1 Å². The van der Waals surface area contributed by atoms with Gasteiger partial charge in [-0.2, -0.15) is 26.3 Å². The van der Waals surface area contributed by atoms with Crippen LogP contribution in [-0.2, 0) is 9.59 Å². The van der Waals surface area contributed by atoms with Crippen molar-refractivity contribution in [2.24, 2.45) is 0 Å². The van der Waals surface area contributed by atoms with E-state index in [0.717, 1.165) is 57.3 Å². The van der Waals surface area contributed by atoms with Crippen LogP contribution in [0.3, 0.4) is 0 Å². The zero-order valence-electron chi connectivity index (χ0n) is 28.1. The van der Waals surface area contributed by atoms with E-state index in [9.17, 15) is 49.6 Å². The summed E-state index contributed by atoms with van der Waals surface area (Å²) in [6.45, 7) is 3.90. The fourth-order valence-corrected chi connectivity index (χ4v) is 5.74. The molecule has 5 rings (SSSR count). The van der Waals surface area contributed by atoms with Gasteiger partial charge in [-0.05, 0) is 69.0 Å². The van der Waals surface area contributed by atoms with Gasteiger partial charge in [-0.1, -0.05) is 12.8 Å². The van der Waals surface area contributed by atoms with Crippen molar-refractivity contribution in [1.29, 1.82) is 0 Å². The highest BCUT2D eigenvalue weighted by molar-refractivity contribution is 5.73. The second-order valence-electron chi connectivity index (χ2n) is 12.4. The fourth-order valence-electron chi connectivity index (χ4n) is 5.74. The number of nitro benzene ring substituents is 1. The molecule has 1 saturated carbocycles. The number of non-ortho nitro benzene ring substituents is 1. The summed E-state index contributed by atoms with van der Waals surface area (Å²) in [5, 5.41) is 32.6. The lowest BCUT2D eigenvalue weighted by atomic mass is 9.84. The molecule has 0 radical (unpaired) electrons. The molecule has 0 spiro atoms. The molecule has 1 saturated heterocycles. The molecule has 4 N–H and O–H groups in total. The maximum Gasteiger partial charge on any atom is 0.573 e. The van der Waals surface area contributed by atoms with Gasteiger partial charge < -0.3 is 34.9 Å². The first-order valence-corrected chi connectivity index (χ1v) is 15.9. The van der Waals surface area contributed by atoms with Gasteiger partial charge in [-0.3, -0.25) is 10.1 Å². The number of aliphatic carboxylic acids is 2. The van der Waals surface area contributed by atoms with E-state index in [1.165, 1.54) is 24.3 Å². The molecular formula is C32H34F9N5O8. The second kappa shape index (κ2) is 17.7. The van der Waals surface area contributed by atoms with Crippen LogP contribution in [0.15, 0.2) is 59.1 Å². The number of aromatic nitrogens is 1. The molecular weight excluding hydrogens is 753 g/mol. The number of hydrogen-bond acceptors (Lipinski definition) is 10. The van der Waals surface area contributed by atoms with Gasteiger partial charge in [0.2, 0.25) is 0 Å². The summed E-state index contributed by atoms with van der Waals surface area (Å²) in [7, 11) is 0. The Balaban J connectivity index is 0.000000476. The van der Waals surface area contributed by atoms with Crippen LogP contribution in [0.5, 0.6) is 5.75 Å². The summed E-state index contributed by atoms with van der Waals surface area (Å²) >= 11 is 0. The molecule has 54 heavy (non-hydrogen) atoms. The van der Waals surface area contributed by atoms with Gasteiger partial charge >= 0.3 is 30.7 Å². The van der Waals surface area contributed by atoms with Gasteiger partial charge in [0.1, 0.15) is 5.75 Å². The third kappa shape index (κ3) is 13.6. The van der Waals surface area contributed by atoms with Crippen LogP contribution in [0.2, 0.25) is 0 Å². The Morgan fingerprint density at radius 2 is 1.44 bits per heavy atom. The first-order valence-electron chi connectivity index (χ1n) is 15.9. The number of oxazole rings is 1. The van der Waals surface area contributed by atoms with E-state index < -0.39 is 30.7 Å². The highest BCUT2D eigenvalue weighted by Gasteiger charge is 2.39. The van der Waals surface area contributed by atoms with E-state index >= 15 is 0 Å². The smallest absolute Gasteiger partial charge is 0.475 e. The average Bonchev–Trinajstić information content (AvgIpc) is 3.53. The van der Waals surface area contributed by atoms with Crippen LogP contribution in [0.4, 0.5) is 56.9 Å². The Labute approximate surface area is 300 Å². The van der Waals surface area contributed by atoms with Crippen LogP contribution in [-0.4, -0.2) is 81.5 Å². The van der Waals surface area contributed by atoms with Gasteiger partial charge in [-0.25, -0.2) is 14.6 Å². The molecule has 2 fully saturated rings. The number of hydrogen-bond donors (Lipinski definition) is 4. The number of piperidine rings is 1. The lowest BCUT2D eigenvalue weighted by molar-refractivity contribution is -0.384. The standard InChI is InChI=1S/C28H32F3N5O4.2C2HF3O2/c1-27(15-4-16-35(18-27)20-9-11-21(12-10-20)36(37)38)34-24-6-3-2-5-23(24)33-26-32-17-25(39-26)19-7-13-22(14-8-19)40-28(29,30)31;2*3-2(4,5)1(6)7/h7-14,17,23-24,34H,2-6,15-16,18H2,1H3,(H,32,33);2*(H,6,7)/t23-,24-,27+;;/m1../s1. The van der Waals surface area contributed by atoms with Gasteiger partial charge in [-0.15, -0.1) is 13.2 Å². The Hall–Kier alpha value is -5.28. The minimum absolute atomic E-state index is 0.0833. The lowest BCUT2D eigenvalue weighted by Crippen LogP contribution is -2.61. The van der Waals surface area contributed by atoms with Crippen molar-refractivity contribution in [3.8, 4) is 17.1 Å². The summed E-state index contributed by atoms with van der Waals surface area (Å²) < 4.78 is 111. The third-order valence-corrected chi connectivity index (χ3v) is 8.09. The van der Waals surface area contributed by atoms with Gasteiger partial charge in [0.05, 0.1) is 11.1 Å². The minimum atomic E-state index is -5.08. The molecule has 0 amide bonds. The Kier molecular flexibility index (Phi) is 14.1. The van der Waals surface area contributed by atoms with Crippen LogP contribution in [0, 0.1) is 10.1 Å². The molecule has 1 aliphatic heterocycles. The molecule has 0 unspecified atom stereocenters. The van der Waals surface area contributed by atoms with Crippen molar-refractivity contribution in [1.82, 2.24) is 10.3 Å². The zero-order valence-corrected chi connectivity index (χ0v) is 28.1. The van der Waals surface area contributed by atoms with Crippen molar-refractivity contribution >= 4 is 29.3 Å². The largest absolute Gasteiger partial charge is 0.573 e. The molecule has 13 nitrogen and oxygen atoms in total. The quantitative estimate of drug-likeness (QED) is 0.0991. The average molecular weight is 788 g/mol. The summed E-state index contributed by atoms with van der Waals surface area (Å²) in [6.07, 6.45) is -7.21. The highest BCUT2D eigenvalue weighted by atomic mass is 19.4. The highest BCUT2D eigenvalue weighted by Crippen LogP contribution is 2.32. The number of carboxylic acids is 2. The Bertz CT molecular complexity index is 1680. The lowest BCUT2D eigenvalue weighted by Gasteiger charge is -2.46. The molecule has 0 bridgehead atoms. The molecule has 2 aromatic carbocycles. The number of nitrogens with zero attached hydrogens (tertiary/aromatic N) is 3. The zero-order chi connectivity index (χ0) is 40.5. The topological polar surface area (TPSA) is 180 Å². The molecule has 3 atom stereocenters. The Morgan fingerprint density at radius 1 is 0.907 bits per heavy atom. The maximum atomic E-state index is 12.4. The van der Waals surface area contributed by atoms with Crippen molar-refractivity contribution in [2.45, 2.75) is 81.8 Å². The number of benzene rings is 2. The molecule has 1 aromatic heterocycles. The number of carboxylic acid groups (broad SMARTS) is 2. The maximum absolute atomic E-state index is 12.4. The van der Waals surface area contributed by atoms with Gasteiger partial charge in [0.25, 0.3) is 11.7 Å². The number of anilines is 2. The van der Waals surface area contributed by atoms with Crippen molar-refractivity contribution in [3.63, 3.8) is 0 Å². The summed E-state index contributed by atoms with van der Waals surface area (Å²) in [5.41, 5.74) is 1.50. The van der Waals surface area contributed by atoms with Crippen molar-refractivity contribution < 1.29 is 73.4 Å². The van der Waals surface area contributed by atoms with Crippen LogP contribution < -0.4 is 20.3 Å². The third-order valence-electron chi connectivity index (χ3n) is 8.09. The number of rotatable bonds is 8. The molecule has 22 heteroatoms. The van der Waals surface area contributed by atoms with Crippen LogP contribution >= 0.6 is 0 Å². The molecule has 2 aliphatic rings. The van der Waals surface area contributed by atoms with E-state index in [0.29, 0.717) is 17.3 Å². The second-order valence-corrected chi connectivity index (χ2v) is 12.4. The molecule has 2 heterocycles. The normalized spacial score (nSPS) is 20.4. The van der Waals surface area contributed by atoms with Crippen molar-refractivity contribution in [2.75, 3.05) is 23.3 Å². The molecule has 298 valence electrons. The van der Waals surface area contributed by atoms with E-state index in [4.69, 9.17) is 24.2 Å². The number of halogens is 9. The minimum Gasteiger partial charge on any atom is -0.475 e. The molecule has 1 aliphatic carbocycles. The number of carbonyl (C=O) groups is 2. The summed E-state index contributed by atoms with van der Waals surface area (Å²) in [6, 6.07) is 12.8. The Morgan fingerprint density at radius 3 is 1.94 bits per heavy atom. The van der Waals surface area contributed by atoms with E-state index in [-0.39, 0.29) is 34.0 Å². The molecule has 3 aromatic rings. The van der Waals surface area contributed by atoms with Gasteiger partial charge in [0.15, 0.2) is 5.76 Å². The van der Waals surface area contributed by atoms with Crippen LogP contribution in [0.25, 0.3) is 11.3 Å². The predicted molar refractivity (Wildman–Crippen MR) is 172 cm³/mol. The SMILES string of the molecule is C[C@]1(N[C@@H]2CCCC[C@H]2Nc2ncc(-c3ccc(OC(F)(F)F)cc3)o2)CCCN(c2ccc([N+](=O)[O-])cc2)C1.O=C(O)C(F)(F)F.O=C(O)C(F)(F)F. The summed E-state index contributed by atoms with van der Waals surface area (Å²) in [5.74, 6) is -5.37. The number of nitro groups is 1. The monoisotopic (exact) mass is 787 g/mol. The van der Waals surface area contributed by atoms with E-state index in [2.05, 4.69) is 32.2 Å².